The first-order valence-electron chi connectivity index (χ1n) is 5.10. The zero-order valence-electron chi connectivity index (χ0n) is 8.16. The highest BCUT2D eigenvalue weighted by Crippen LogP contribution is 2.13. The van der Waals surface area contributed by atoms with Crippen molar-refractivity contribution in [1.29, 1.82) is 0 Å². The molecule has 0 bridgehead atoms. The van der Waals surface area contributed by atoms with Crippen LogP contribution in [0.2, 0.25) is 0 Å². The Kier molecular flexibility index (Phi) is 2.79. The monoisotopic (exact) mass is 197 g/mol. The van der Waals surface area contributed by atoms with Crippen molar-refractivity contribution in [3.05, 3.63) is 0 Å². The molecule has 0 atom stereocenters. The molecule has 2 fully saturated rings. The fraction of sp³-hybridized carbons (Fsp3) is 0.778. The molecule has 0 unspecified atom stereocenters. The lowest BCUT2D eigenvalue weighted by Gasteiger charge is -2.37. The first-order valence-corrected chi connectivity index (χ1v) is 5.10. The van der Waals surface area contributed by atoms with Gasteiger partial charge in [-0.25, -0.2) is 10.0 Å². The lowest BCUT2D eigenvalue weighted by atomic mass is 10.1. The van der Waals surface area contributed by atoms with Crippen molar-refractivity contribution in [2.75, 3.05) is 26.2 Å². The summed E-state index contributed by atoms with van der Waals surface area (Å²) < 4.78 is 0. The predicted molar refractivity (Wildman–Crippen MR) is 50.1 cm³/mol. The van der Waals surface area contributed by atoms with Gasteiger partial charge in [0.2, 0.25) is 0 Å². The Morgan fingerprint density at radius 1 is 0.929 bits per heavy atom. The maximum Gasteiger partial charge on any atom is 0.257 e. The maximum atomic E-state index is 11.5. The minimum atomic E-state index is -0.122. The zero-order valence-corrected chi connectivity index (χ0v) is 8.16. The van der Waals surface area contributed by atoms with Gasteiger partial charge in [-0.1, -0.05) is 6.42 Å². The molecule has 78 valence electrons. The smallest absolute Gasteiger partial charge is 0.257 e. The predicted octanol–water partition coefficient (Wildman–Crippen LogP) is -0.654. The van der Waals surface area contributed by atoms with E-state index in [9.17, 15) is 9.59 Å². The maximum absolute atomic E-state index is 11.5. The van der Waals surface area contributed by atoms with Gasteiger partial charge in [0.15, 0.2) is 0 Å². The molecule has 0 aliphatic carbocycles. The van der Waals surface area contributed by atoms with Crippen LogP contribution in [0.15, 0.2) is 0 Å². The van der Waals surface area contributed by atoms with Gasteiger partial charge in [-0.15, -0.1) is 0 Å². The van der Waals surface area contributed by atoms with Crippen LogP contribution in [0.4, 0.5) is 0 Å². The number of piperidine rings is 1. The second-order valence-corrected chi connectivity index (χ2v) is 3.72. The van der Waals surface area contributed by atoms with Gasteiger partial charge in [0.25, 0.3) is 11.8 Å². The Labute approximate surface area is 83.0 Å². The molecule has 2 amide bonds. The van der Waals surface area contributed by atoms with E-state index in [0.717, 1.165) is 25.9 Å². The van der Waals surface area contributed by atoms with Crippen LogP contribution in [0.1, 0.15) is 19.3 Å². The highest BCUT2D eigenvalue weighted by atomic mass is 16.2. The molecule has 0 saturated carbocycles. The van der Waals surface area contributed by atoms with Crippen molar-refractivity contribution in [3.8, 4) is 0 Å². The van der Waals surface area contributed by atoms with Crippen molar-refractivity contribution in [2.45, 2.75) is 19.3 Å². The number of hydrogen-bond acceptors (Lipinski definition) is 4. The highest BCUT2D eigenvalue weighted by Gasteiger charge is 2.31. The minimum Gasteiger partial charge on any atom is -0.300 e. The van der Waals surface area contributed by atoms with Crippen LogP contribution in [-0.2, 0) is 9.59 Å². The minimum absolute atomic E-state index is 0.122. The van der Waals surface area contributed by atoms with Gasteiger partial charge >= 0.3 is 0 Å². The van der Waals surface area contributed by atoms with E-state index >= 15 is 0 Å². The summed E-state index contributed by atoms with van der Waals surface area (Å²) >= 11 is 0. The Morgan fingerprint density at radius 3 is 2.07 bits per heavy atom. The highest BCUT2D eigenvalue weighted by molar-refractivity contribution is 5.98. The Morgan fingerprint density at radius 2 is 1.50 bits per heavy atom. The number of hydrogen-bond donors (Lipinski definition) is 1. The number of imide groups is 1. The molecule has 0 spiro atoms. The number of nitrogens with zero attached hydrogens (tertiary/aromatic N) is 2. The summed E-state index contributed by atoms with van der Waals surface area (Å²) in [6.07, 6.45) is 3.35. The van der Waals surface area contributed by atoms with Gasteiger partial charge in [-0.05, 0) is 12.8 Å². The van der Waals surface area contributed by atoms with Crippen LogP contribution in [0.25, 0.3) is 0 Å². The van der Waals surface area contributed by atoms with E-state index < -0.39 is 0 Å². The Hall–Kier alpha value is -0.940. The van der Waals surface area contributed by atoms with E-state index in [1.165, 1.54) is 11.4 Å². The van der Waals surface area contributed by atoms with Crippen LogP contribution in [0.5, 0.6) is 0 Å². The fourth-order valence-electron chi connectivity index (χ4n) is 1.96. The van der Waals surface area contributed by atoms with E-state index in [0.29, 0.717) is 0 Å². The largest absolute Gasteiger partial charge is 0.300 e. The molecule has 1 N–H and O–H groups in total. The summed E-state index contributed by atoms with van der Waals surface area (Å²) in [6.45, 7) is 2.22. The summed E-state index contributed by atoms with van der Waals surface area (Å²) in [4.78, 5) is 23.0. The van der Waals surface area contributed by atoms with Crippen LogP contribution >= 0.6 is 0 Å². The normalized spacial score (nSPS) is 25.6. The number of nitrogens with one attached hydrogen (secondary N) is 1. The standard InChI is InChI=1S/C9H15N3O2/c13-8-6-10-7-9(14)12(8)11-4-2-1-3-5-11/h10H,1-7H2. The summed E-state index contributed by atoms with van der Waals surface area (Å²) in [6, 6.07) is 0. The number of piperazine rings is 1. The van der Waals surface area contributed by atoms with Gasteiger partial charge in [0.1, 0.15) is 0 Å². The van der Waals surface area contributed by atoms with Crippen molar-refractivity contribution in [1.82, 2.24) is 15.3 Å². The van der Waals surface area contributed by atoms with E-state index in [-0.39, 0.29) is 24.9 Å². The number of carbonyl (C=O) groups excluding carboxylic acids is 2. The van der Waals surface area contributed by atoms with Crippen molar-refractivity contribution in [2.24, 2.45) is 0 Å². The average Bonchev–Trinajstić information content (AvgIpc) is 2.19. The first kappa shape index (κ1) is 9.61. The number of carbonyl (C=O) groups is 2. The van der Waals surface area contributed by atoms with Gasteiger partial charge in [-0.3, -0.25) is 14.9 Å². The molecule has 5 nitrogen and oxygen atoms in total. The lowest BCUT2D eigenvalue weighted by molar-refractivity contribution is -0.167. The van der Waals surface area contributed by atoms with E-state index in [1.54, 1.807) is 0 Å². The quantitative estimate of drug-likeness (QED) is 0.567. The lowest BCUT2D eigenvalue weighted by Crippen LogP contribution is -2.60. The van der Waals surface area contributed by atoms with Crippen LogP contribution in [-0.4, -0.2) is 48.0 Å². The molecule has 2 aliphatic heterocycles. The van der Waals surface area contributed by atoms with E-state index in [4.69, 9.17) is 0 Å². The van der Waals surface area contributed by atoms with Gasteiger partial charge in [-0.2, -0.15) is 0 Å². The number of amides is 2. The van der Waals surface area contributed by atoms with E-state index in [1.807, 2.05) is 5.01 Å². The third kappa shape index (κ3) is 1.78. The van der Waals surface area contributed by atoms with E-state index in [2.05, 4.69) is 5.32 Å². The molecule has 0 aromatic heterocycles. The molecule has 2 rings (SSSR count). The molecule has 5 heteroatoms. The average molecular weight is 197 g/mol. The second kappa shape index (κ2) is 4.06. The van der Waals surface area contributed by atoms with Gasteiger partial charge in [0, 0.05) is 13.1 Å². The molecule has 14 heavy (non-hydrogen) atoms. The van der Waals surface area contributed by atoms with Crippen molar-refractivity contribution < 1.29 is 9.59 Å². The molecule has 0 radical (unpaired) electrons. The molecular weight excluding hydrogens is 182 g/mol. The molecule has 0 aromatic carbocycles. The van der Waals surface area contributed by atoms with Crippen molar-refractivity contribution >= 4 is 11.8 Å². The molecular formula is C9H15N3O2. The van der Waals surface area contributed by atoms with Crippen LogP contribution in [0.3, 0.4) is 0 Å². The van der Waals surface area contributed by atoms with Gasteiger partial charge < -0.3 is 0 Å². The van der Waals surface area contributed by atoms with Crippen molar-refractivity contribution in [3.63, 3.8) is 0 Å². The zero-order chi connectivity index (χ0) is 9.97. The Balaban J connectivity index is 2.05. The summed E-state index contributed by atoms with van der Waals surface area (Å²) in [5.41, 5.74) is 0. The summed E-state index contributed by atoms with van der Waals surface area (Å²) in [5, 5.41) is 6.00. The molecule has 2 aliphatic rings. The molecule has 2 heterocycles. The Bertz CT molecular complexity index is 232. The fourth-order valence-corrected chi connectivity index (χ4v) is 1.96. The third-order valence-electron chi connectivity index (χ3n) is 2.64. The summed E-state index contributed by atoms with van der Waals surface area (Å²) in [7, 11) is 0. The second-order valence-electron chi connectivity index (χ2n) is 3.72. The third-order valence-corrected chi connectivity index (χ3v) is 2.64. The summed E-state index contributed by atoms with van der Waals surface area (Å²) in [5.74, 6) is -0.244. The van der Waals surface area contributed by atoms with Gasteiger partial charge in [0.05, 0.1) is 13.1 Å². The SMILES string of the molecule is O=C1CNCC(=O)N1N1CCCCC1. The van der Waals surface area contributed by atoms with Crippen LogP contribution in [0, 0.1) is 0 Å². The number of rotatable bonds is 1. The first-order chi connectivity index (χ1) is 6.79. The molecule has 0 aromatic rings. The topological polar surface area (TPSA) is 52.7 Å². The number of hydrazine groups is 1. The van der Waals surface area contributed by atoms with Crippen LogP contribution < -0.4 is 5.32 Å². The molecule has 2 saturated heterocycles.